The van der Waals surface area contributed by atoms with Gasteiger partial charge in [-0.1, -0.05) is 72.9 Å². The second kappa shape index (κ2) is 23.4. The number of carbonyl (C=O) groups is 5. The molecule has 4 amide bonds. The van der Waals surface area contributed by atoms with Crippen LogP contribution in [0.1, 0.15) is 127 Å². The lowest BCUT2D eigenvalue weighted by Crippen LogP contribution is -2.59. The van der Waals surface area contributed by atoms with E-state index >= 15 is 0 Å². The van der Waals surface area contributed by atoms with Crippen molar-refractivity contribution in [1.29, 1.82) is 0 Å². The first-order chi connectivity index (χ1) is 27.1. The molecular formula is C42H66N6O8S. The normalized spacial score (nSPS) is 17.8. The SMILES string of the molecule is CCCCOCN(C(=O)[C@@H](NC(=O)[C@H]1CCCCN1C)[C@@H](C)CC)[C@H](C[C@@H](OC(C)=O)c1nc(C(=O)N[C@@H](Cc2ccc(O)cc2)C[C@H](C)C(N)=O)cs1)C(C)C. The summed E-state index contributed by atoms with van der Waals surface area (Å²) in [5, 5.41) is 17.8. The number of benzene rings is 1. The zero-order valence-electron chi connectivity index (χ0n) is 35.1. The van der Waals surface area contributed by atoms with Crippen LogP contribution in [-0.4, -0.2) is 101 Å². The monoisotopic (exact) mass is 814 g/mol. The molecule has 0 bridgehead atoms. The number of amides is 4. The predicted molar refractivity (Wildman–Crippen MR) is 220 cm³/mol. The number of rotatable bonds is 23. The van der Waals surface area contributed by atoms with Crippen LogP contribution in [0, 0.1) is 17.8 Å². The van der Waals surface area contributed by atoms with Crippen molar-refractivity contribution in [2.45, 2.75) is 137 Å². The summed E-state index contributed by atoms with van der Waals surface area (Å²) in [6.07, 6.45) is 5.02. The van der Waals surface area contributed by atoms with Gasteiger partial charge >= 0.3 is 5.97 Å². The Bertz CT molecular complexity index is 1600. The smallest absolute Gasteiger partial charge is 0.303 e. The molecule has 15 heteroatoms. The Hall–Kier alpha value is -4.08. The number of unbranched alkanes of at least 4 members (excludes halogenated alkanes) is 1. The number of aromatic nitrogens is 1. The van der Waals surface area contributed by atoms with E-state index in [1.54, 1.807) is 41.5 Å². The van der Waals surface area contributed by atoms with Crippen molar-refractivity contribution in [3.63, 3.8) is 0 Å². The molecule has 57 heavy (non-hydrogen) atoms. The second-order valence-corrected chi connectivity index (χ2v) is 16.7. The van der Waals surface area contributed by atoms with E-state index < -0.39 is 47.9 Å². The van der Waals surface area contributed by atoms with Gasteiger partial charge in [0.1, 0.15) is 29.2 Å². The molecule has 1 aliphatic rings. The molecule has 0 spiro atoms. The number of nitrogens with two attached hydrogens (primary N) is 1. The minimum Gasteiger partial charge on any atom is -0.508 e. The molecule has 1 aliphatic heterocycles. The van der Waals surface area contributed by atoms with Crippen molar-refractivity contribution in [2.75, 3.05) is 26.9 Å². The average molecular weight is 815 g/mol. The Kier molecular flexibility index (Phi) is 19.4. The second-order valence-electron chi connectivity index (χ2n) is 15.9. The highest BCUT2D eigenvalue weighted by Gasteiger charge is 2.39. The molecule has 1 fully saturated rings. The van der Waals surface area contributed by atoms with Gasteiger partial charge in [0.25, 0.3) is 5.91 Å². The summed E-state index contributed by atoms with van der Waals surface area (Å²) in [5.41, 5.74) is 6.52. The number of aromatic hydroxyl groups is 1. The van der Waals surface area contributed by atoms with Crippen LogP contribution in [0.5, 0.6) is 5.75 Å². The number of piperidine rings is 1. The zero-order chi connectivity index (χ0) is 42.2. The first kappa shape index (κ1) is 47.3. The molecule has 318 valence electrons. The number of nitrogens with one attached hydrogen (secondary N) is 2. The quantitative estimate of drug-likeness (QED) is 0.0647. The van der Waals surface area contributed by atoms with Gasteiger partial charge in [-0.15, -0.1) is 11.3 Å². The van der Waals surface area contributed by atoms with Gasteiger partial charge in [0, 0.05) is 43.3 Å². The Morgan fingerprint density at radius 2 is 1.75 bits per heavy atom. The van der Waals surface area contributed by atoms with Crippen molar-refractivity contribution >= 4 is 40.9 Å². The minimum absolute atomic E-state index is 0.0156. The fourth-order valence-corrected chi connectivity index (χ4v) is 7.92. The van der Waals surface area contributed by atoms with Crippen LogP contribution < -0.4 is 16.4 Å². The third kappa shape index (κ3) is 14.7. The van der Waals surface area contributed by atoms with Crippen LogP contribution >= 0.6 is 11.3 Å². The fourth-order valence-electron chi connectivity index (χ4n) is 7.08. The lowest BCUT2D eigenvalue weighted by molar-refractivity contribution is -0.153. The number of likely N-dealkylation sites (tertiary alicyclic amines) is 1. The Labute approximate surface area is 342 Å². The van der Waals surface area contributed by atoms with Crippen LogP contribution in [0.2, 0.25) is 0 Å². The molecule has 1 aromatic carbocycles. The number of phenolic OH excluding ortho intramolecular Hbond substituents is 1. The summed E-state index contributed by atoms with van der Waals surface area (Å²) < 4.78 is 12.0. The number of likely N-dealkylation sites (N-methyl/N-ethyl adjacent to an activating group) is 1. The number of primary amides is 1. The number of hydrogen-bond acceptors (Lipinski definition) is 11. The van der Waals surface area contributed by atoms with Crippen molar-refractivity contribution in [3.8, 4) is 5.75 Å². The largest absolute Gasteiger partial charge is 0.508 e. The number of thiazole rings is 1. The van der Waals surface area contributed by atoms with Crippen molar-refractivity contribution in [2.24, 2.45) is 23.5 Å². The standard InChI is InChI=1S/C42H66N6O8S/c1-9-11-20-55-25-48(42(54)37(27(5)10-2)46-40(53)34-14-12-13-19-47(34)8)35(26(3)4)23-36(56-29(7)49)41-45-33(24-57-41)39(52)44-31(21-28(6)38(43)51)22-30-15-17-32(50)18-16-30/h15-18,24,26-28,31,34-37,50H,9-14,19-23,25H2,1-8H3,(H2,43,51)(H,44,52)(H,46,53)/t27-,28-,31+,34+,35+,36+,37-/m0/s1. The van der Waals surface area contributed by atoms with Crippen LogP contribution in [0.3, 0.4) is 0 Å². The highest BCUT2D eigenvalue weighted by molar-refractivity contribution is 7.09. The summed E-state index contributed by atoms with van der Waals surface area (Å²) in [5.74, 6) is -2.64. The number of hydrogen-bond donors (Lipinski definition) is 4. The zero-order valence-corrected chi connectivity index (χ0v) is 35.9. The molecule has 2 heterocycles. The van der Waals surface area contributed by atoms with Crippen molar-refractivity contribution < 1.29 is 38.6 Å². The van der Waals surface area contributed by atoms with Gasteiger partial charge in [-0.3, -0.25) is 28.9 Å². The summed E-state index contributed by atoms with van der Waals surface area (Å²) in [6, 6.07) is 4.51. The topological polar surface area (TPSA) is 193 Å². The first-order valence-electron chi connectivity index (χ1n) is 20.5. The lowest BCUT2D eigenvalue weighted by Gasteiger charge is -2.40. The van der Waals surface area contributed by atoms with Gasteiger partial charge in [-0.05, 0) is 75.2 Å². The van der Waals surface area contributed by atoms with E-state index in [1.165, 1.54) is 18.3 Å². The molecule has 14 nitrogen and oxygen atoms in total. The van der Waals surface area contributed by atoms with E-state index in [2.05, 4.69) is 22.5 Å². The van der Waals surface area contributed by atoms with Gasteiger partial charge < -0.3 is 35.8 Å². The summed E-state index contributed by atoms with van der Waals surface area (Å²) >= 11 is 1.17. The van der Waals surface area contributed by atoms with Gasteiger partial charge in [0.15, 0.2) is 6.10 Å². The maximum atomic E-state index is 14.8. The molecule has 0 aliphatic carbocycles. The fraction of sp³-hybridized carbons (Fsp3) is 0.667. The maximum Gasteiger partial charge on any atom is 0.303 e. The highest BCUT2D eigenvalue weighted by Crippen LogP contribution is 2.32. The summed E-state index contributed by atoms with van der Waals surface area (Å²) in [6.45, 7) is 14.2. The number of phenols is 1. The van der Waals surface area contributed by atoms with E-state index in [-0.39, 0.29) is 60.7 Å². The van der Waals surface area contributed by atoms with E-state index in [0.717, 1.165) is 44.2 Å². The minimum atomic E-state index is -0.900. The molecule has 5 N–H and O–H groups in total. The van der Waals surface area contributed by atoms with Crippen molar-refractivity contribution in [3.05, 3.63) is 45.9 Å². The Balaban J connectivity index is 1.92. The van der Waals surface area contributed by atoms with Gasteiger partial charge in [-0.2, -0.15) is 0 Å². The van der Waals surface area contributed by atoms with E-state index in [4.69, 9.17) is 15.2 Å². The summed E-state index contributed by atoms with van der Waals surface area (Å²) in [7, 11) is 1.94. The number of ether oxygens (including phenoxy) is 2. The number of esters is 1. The Morgan fingerprint density at radius 3 is 2.35 bits per heavy atom. The lowest BCUT2D eigenvalue weighted by atomic mass is 9.92. The molecular weight excluding hydrogens is 749 g/mol. The molecule has 1 saturated heterocycles. The van der Waals surface area contributed by atoms with Crippen molar-refractivity contribution in [1.82, 2.24) is 25.4 Å². The first-order valence-corrected chi connectivity index (χ1v) is 21.3. The predicted octanol–water partition coefficient (Wildman–Crippen LogP) is 5.34. The van der Waals surface area contributed by atoms with Gasteiger partial charge in [0.2, 0.25) is 17.7 Å². The van der Waals surface area contributed by atoms with E-state index in [9.17, 15) is 29.1 Å². The van der Waals surface area contributed by atoms with Gasteiger partial charge in [-0.25, -0.2) is 4.98 Å². The number of carbonyl (C=O) groups excluding carboxylic acids is 5. The summed E-state index contributed by atoms with van der Waals surface area (Å²) in [4.78, 5) is 75.0. The van der Waals surface area contributed by atoms with Crippen LogP contribution in [-0.2, 0) is 35.1 Å². The molecule has 1 aromatic heterocycles. The van der Waals surface area contributed by atoms with Crippen LogP contribution in [0.15, 0.2) is 29.6 Å². The third-order valence-corrected chi connectivity index (χ3v) is 11.8. The van der Waals surface area contributed by atoms with Gasteiger partial charge in [0.05, 0.1) is 6.04 Å². The van der Waals surface area contributed by atoms with Crippen LogP contribution in [0.4, 0.5) is 0 Å². The number of nitrogens with zero attached hydrogens (tertiary/aromatic N) is 3. The molecule has 2 aromatic rings. The molecule has 7 atom stereocenters. The Morgan fingerprint density at radius 1 is 1.05 bits per heavy atom. The molecule has 0 unspecified atom stereocenters. The maximum absolute atomic E-state index is 14.8. The van der Waals surface area contributed by atoms with E-state index in [0.29, 0.717) is 24.5 Å². The van der Waals surface area contributed by atoms with E-state index in [1.807, 2.05) is 39.6 Å². The third-order valence-electron chi connectivity index (χ3n) is 10.8. The molecule has 0 saturated carbocycles. The molecule has 0 radical (unpaired) electrons. The highest BCUT2D eigenvalue weighted by atomic mass is 32.1. The molecule has 3 rings (SSSR count). The van der Waals surface area contributed by atoms with Crippen LogP contribution in [0.25, 0.3) is 0 Å². The average Bonchev–Trinajstić information content (AvgIpc) is 3.67.